The van der Waals surface area contributed by atoms with Gasteiger partial charge in [-0.05, 0) is 12.5 Å². The molecule has 0 spiro atoms. The lowest BCUT2D eigenvalue weighted by Crippen LogP contribution is -2.24. The van der Waals surface area contributed by atoms with E-state index in [0.717, 1.165) is 11.1 Å². The van der Waals surface area contributed by atoms with Gasteiger partial charge in [0.25, 0.3) is 0 Å². The van der Waals surface area contributed by atoms with E-state index in [9.17, 15) is 9.59 Å². The quantitative estimate of drug-likeness (QED) is 0.587. The Hall–Kier alpha value is -3.09. The van der Waals surface area contributed by atoms with E-state index in [1.807, 2.05) is 31.2 Å². The lowest BCUT2D eigenvalue weighted by molar-refractivity contribution is -0.114. The summed E-state index contributed by atoms with van der Waals surface area (Å²) in [6, 6.07) is 9.07. The van der Waals surface area contributed by atoms with Crippen LogP contribution in [0.3, 0.4) is 0 Å². The topological polar surface area (TPSA) is 124 Å². The number of aryl methyl sites for hydroxylation is 1. The van der Waals surface area contributed by atoms with Crippen molar-refractivity contribution < 1.29 is 14.0 Å². The van der Waals surface area contributed by atoms with Gasteiger partial charge in [-0.1, -0.05) is 24.3 Å². The highest BCUT2D eigenvalue weighted by Crippen LogP contribution is 2.31. The van der Waals surface area contributed by atoms with Crippen molar-refractivity contribution in [3.63, 3.8) is 0 Å². The molecule has 0 saturated carbocycles. The second kappa shape index (κ2) is 6.13. The molecule has 114 valence electrons. The number of anilines is 1. The fourth-order valence-corrected chi connectivity index (χ4v) is 1.98. The summed E-state index contributed by atoms with van der Waals surface area (Å²) in [6.07, 6.45) is 0. The van der Waals surface area contributed by atoms with Crippen LogP contribution in [0.1, 0.15) is 23.0 Å². The Morgan fingerprint density at radius 3 is 2.50 bits per heavy atom. The third-order valence-corrected chi connectivity index (χ3v) is 2.88. The Morgan fingerprint density at radius 1 is 1.23 bits per heavy atom. The van der Waals surface area contributed by atoms with Gasteiger partial charge in [-0.15, -0.1) is 0 Å². The molecular formula is C15H16N4O3. The molecule has 2 amide bonds. The number of hydrogen-bond acceptors (Lipinski definition) is 3. The molecule has 0 aliphatic rings. The number of nitrogens with two attached hydrogens (primary N) is 2. The first kappa shape index (κ1) is 15.3. The number of nitrogens with one attached hydrogen (secondary N) is 1. The molecule has 22 heavy (non-hydrogen) atoms. The average molecular weight is 300 g/mol. The number of rotatable bonds is 3. The zero-order valence-electron chi connectivity index (χ0n) is 12.2. The van der Waals surface area contributed by atoms with Crippen molar-refractivity contribution in [3.8, 4) is 11.3 Å². The zero-order chi connectivity index (χ0) is 16.3. The molecule has 2 rings (SSSR count). The Kier molecular flexibility index (Phi) is 4.26. The largest absolute Gasteiger partial charge is 0.449 e. The van der Waals surface area contributed by atoms with Crippen LogP contribution in [0.15, 0.2) is 39.7 Å². The molecule has 0 aliphatic heterocycles. The van der Waals surface area contributed by atoms with Crippen molar-refractivity contribution >= 4 is 23.5 Å². The minimum Gasteiger partial charge on any atom is -0.449 e. The SMILES string of the molecule is CC(=O)Nc1cc(-c2ccccc2C)oc1C(=O)N=C(N)N. The Balaban J connectivity index is 2.53. The van der Waals surface area contributed by atoms with Gasteiger partial charge in [0.15, 0.2) is 5.96 Å². The summed E-state index contributed by atoms with van der Waals surface area (Å²) in [7, 11) is 0. The number of benzene rings is 1. The monoisotopic (exact) mass is 300 g/mol. The zero-order valence-corrected chi connectivity index (χ0v) is 12.2. The molecule has 0 bridgehead atoms. The standard InChI is InChI=1S/C15H16N4O3/c1-8-5-3-4-6-10(8)12-7-11(18-9(2)20)13(22-12)14(21)19-15(16)17/h3-7H,1-2H3,(H,18,20)(H4,16,17,19,21). The van der Waals surface area contributed by atoms with Gasteiger partial charge >= 0.3 is 5.91 Å². The summed E-state index contributed by atoms with van der Waals surface area (Å²) >= 11 is 0. The molecule has 0 radical (unpaired) electrons. The van der Waals surface area contributed by atoms with Crippen LogP contribution in [0, 0.1) is 6.92 Å². The molecule has 1 aromatic carbocycles. The van der Waals surface area contributed by atoms with Crippen LogP contribution in [-0.4, -0.2) is 17.8 Å². The second-order valence-corrected chi connectivity index (χ2v) is 4.69. The van der Waals surface area contributed by atoms with E-state index in [4.69, 9.17) is 15.9 Å². The van der Waals surface area contributed by atoms with E-state index in [0.29, 0.717) is 5.76 Å². The first-order valence-corrected chi connectivity index (χ1v) is 6.50. The molecule has 7 heteroatoms. The summed E-state index contributed by atoms with van der Waals surface area (Å²) in [5, 5.41) is 2.53. The highest BCUT2D eigenvalue weighted by Gasteiger charge is 2.20. The van der Waals surface area contributed by atoms with Gasteiger partial charge in [-0.3, -0.25) is 9.59 Å². The minimum absolute atomic E-state index is 0.123. The molecular weight excluding hydrogens is 284 g/mol. The van der Waals surface area contributed by atoms with Crippen molar-refractivity contribution in [1.82, 2.24) is 0 Å². The van der Waals surface area contributed by atoms with Crippen LogP contribution < -0.4 is 16.8 Å². The van der Waals surface area contributed by atoms with E-state index in [1.165, 1.54) is 6.92 Å². The second-order valence-electron chi connectivity index (χ2n) is 4.69. The molecule has 2 aromatic rings. The van der Waals surface area contributed by atoms with Gasteiger partial charge in [0, 0.05) is 18.6 Å². The molecule has 0 saturated heterocycles. The van der Waals surface area contributed by atoms with Crippen LogP contribution in [0.4, 0.5) is 5.69 Å². The minimum atomic E-state index is -0.761. The van der Waals surface area contributed by atoms with Gasteiger partial charge in [0.1, 0.15) is 5.76 Å². The molecule has 1 aromatic heterocycles. The fourth-order valence-electron chi connectivity index (χ4n) is 1.98. The maximum atomic E-state index is 12.0. The lowest BCUT2D eigenvalue weighted by atomic mass is 10.1. The molecule has 1 heterocycles. The molecule has 0 fully saturated rings. The Bertz CT molecular complexity index is 758. The van der Waals surface area contributed by atoms with E-state index < -0.39 is 5.91 Å². The number of carbonyl (C=O) groups is 2. The highest BCUT2D eigenvalue weighted by molar-refractivity contribution is 6.06. The van der Waals surface area contributed by atoms with Crippen LogP contribution >= 0.6 is 0 Å². The number of guanidine groups is 1. The number of hydrogen-bond donors (Lipinski definition) is 3. The Morgan fingerprint density at radius 2 is 1.91 bits per heavy atom. The number of furan rings is 1. The van der Waals surface area contributed by atoms with Crippen LogP contribution in [0.25, 0.3) is 11.3 Å². The maximum Gasteiger partial charge on any atom is 0.318 e. The fraction of sp³-hybridized carbons (Fsp3) is 0.133. The first-order valence-electron chi connectivity index (χ1n) is 6.50. The molecule has 0 aliphatic carbocycles. The van der Waals surface area contributed by atoms with Crippen LogP contribution in [-0.2, 0) is 4.79 Å². The van der Waals surface area contributed by atoms with Crippen LogP contribution in [0.5, 0.6) is 0 Å². The smallest absolute Gasteiger partial charge is 0.318 e. The number of aliphatic imine (C=N–C) groups is 1. The van der Waals surface area contributed by atoms with Gasteiger partial charge in [0.2, 0.25) is 11.7 Å². The van der Waals surface area contributed by atoms with Crippen molar-refractivity contribution in [1.29, 1.82) is 0 Å². The van der Waals surface area contributed by atoms with Gasteiger partial charge < -0.3 is 21.2 Å². The van der Waals surface area contributed by atoms with Crippen molar-refractivity contribution in [3.05, 3.63) is 41.7 Å². The number of amides is 2. The first-order chi connectivity index (χ1) is 10.4. The molecule has 7 nitrogen and oxygen atoms in total. The van der Waals surface area contributed by atoms with E-state index in [2.05, 4.69) is 10.3 Å². The molecule has 5 N–H and O–H groups in total. The molecule has 0 unspecified atom stereocenters. The van der Waals surface area contributed by atoms with Gasteiger partial charge in [-0.25, -0.2) is 0 Å². The number of nitrogens with zero attached hydrogens (tertiary/aromatic N) is 1. The van der Waals surface area contributed by atoms with E-state index in [-0.39, 0.29) is 23.3 Å². The maximum absolute atomic E-state index is 12.0. The summed E-state index contributed by atoms with van der Waals surface area (Å²) in [6.45, 7) is 3.24. The highest BCUT2D eigenvalue weighted by atomic mass is 16.4. The van der Waals surface area contributed by atoms with Crippen LogP contribution in [0.2, 0.25) is 0 Å². The third-order valence-electron chi connectivity index (χ3n) is 2.88. The summed E-state index contributed by atoms with van der Waals surface area (Å²) in [4.78, 5) is 26.7. The van der Waals surface area contributed by atoms with Crippen molar-refractivity contribution in [2.24, 2.45) is 16.5 Å². The summed E-state index contributed by atoms with van der Waals surface area (Å²) < 4.78 is 5.56. The normalized spacial score (nSPS) is 10.1. The van der Waals surface area contributed by atoms with Gasteiger partial charge in [0.05, 0.1) is 5.69 Å². The van der Waals surface area contributed by atoms with Crippen molar-refractivity contribution in [2.45, 2.75) is 13.8 Å². The predicted octanol–water partition coefficient (Wildman–Crippen LogP) is 1.63. The Labute approximate surface area is 127 Å². The van der Waals surface area contributed by atoms with Crippen molar-refractivity contribution in [2.75, 3.05) is 5.32 Å². The average Bonchev–Trinajstić information content (AvgIpc) is 2.81. The third kappa shape index (κ3) is 3.32. The van der Waals surface area contributed by atoms with E-state index in [1.54, 1.807) is 6.07 Å². The predicted molar refractivity (Wildman–Crippen MR) is 83.3 cm³/mol. The molecule has 0 atom stereocenters. The summed E-state index contributed by atoms with van der Waals surface area (Å²) in [5.41, 5.74) is 12.4. The lowest BCUT2D eigenvalue weighted by Gasteiger charge is -2.00. The number of carbonyl (C=O) groups excluding carboxylic acids is 2. The van der Waals surface area contributed by atoms with E-state index >= 15 is 0 Å². The van der Waals surface area contributed by atoms with Gasteiger partial charge in [-0.2, -0.15) is 4.99 Å². The summed E-state index contributed by atoms with van der Waals surface area (Å²) in [5.74, 6) is -1.16.